The smallest absolute Gasteiger partial charge is 0.391 e. The number of aromatic nitrogens is 1. The topological polar surface area (TPSA) is 213 Å². The molecule has 2 atom stereocenters. The predicted octanol–water partition coefficient (Wildman–Crippen LogP) is 1.15. The van der Waals surface area contributed by atoms with E-state index in [1.165, 1.54) is 12.2 Å². The van der Waals surface area contributed by atoms with E-state index >= 15 is 0 Å². The summed E-state index contributed by atoms with van der Waals surface area (Å²) in [7, 11) is 0. The van der Waals surface area contributed by atoms with Gasteiger partial charge in [0.05, 0.1) is 11.5 Å². The molecule has 44 heavy (non-hydrogen) atoms. The number of thiazole rings is 1. The van der Waals surface area contributed by atoms with Crippen LogP contribution >= 0.6 is 11.3 Å². The molecular weight excluding hydrogens is 611 g/mol. The number of halogens is 3. The third-order valence-corrected chi connectivity index (χ3v) is 7.35. The zero-order valence-electron chi connectivity index (χ0n) is 24.2. The fraction of sp³-hybridized carbons (Fsp3) is 0.577. The molecule has 0 radical (unpaired) electrons. The number of alkyl halides is 3. The predicted molar refractivity (Wildman–Crippen MR) is 152 cm³/mol. The second kappa shape index (κ2) is 16.7. The molecule has 0 saturated heterocycles. The van der Waals surface area contributed by atoms with Gasteiger partial charge in [-0.25, -0.2) is 9.78 Å². The minimum atomic E-state index is -4.86. The van der Waals surface area contributed by atoms with Crippen LogP contribution < -0.4 is 27.0 Å². The molecule has 0 spiro atoms. The number of primary amides is 1. The highest BCUT2D eigenvalue weighted by molar-refractivity contribution is 7.15. The van der Waals surface area contributed by atoms with Crippen molar-refractivity contribution in [2.75, 3.05) is 18.4 Å². The molecule has 0 fully saturated rings. The van der Waals surface area contributed by atoms with Crippen LogP contribution in [0.4, 0.5) is 23.1 Å². The molecule has 7 amide bonds. The molecule has 1 aromatic rings. The zero-order chi connectivity index (χ0) is 33.0. The van der Waals surface area contributed by atoms with Crippen LogP contribution in [0.5, 0.6) is 0 Å². The summed E-state index contributed by atoms with van der Waals surface area (Å²) in [6.45, 7) is 2.65. The Balaban J connectivity index is 2.00. The number of unbranched alkanes of at least 4 members (excludes halogenated alkanes) is 2. The van der Waals surface area contributed by atoms with Crippen molar-refractivity contribution in [2.24, 2.45) is 11.7 Å². The lowest BCUT2D eigenvalue weighted by molar-refractivity contribution is -0.142. The van der Waals surface area contributed by atoms with Gasteiger partial charge in [-0.1, -0.05) is 31.6 Å². The van der Waals surface area contributed by atoms with Crippen molar-refractivity contribution in [3.63, 3.8) is 0 Å². The number of carbonyl (C=O) groups is 6. The van der Waals surface area contributed by atoms with Crippen LogP contribution in [0.2, 0.25) is 0 Å². The van der Waals surface area contributed by atoms with Crippen LogP contribution in [0.1, 0.15) is 62.9 Å². The summed E-state index contributed by atoms with van der Waals surface area (Å²) >= 11 is 0.426. The average Bonchev–Trinajstić information content (AvgIpc) is 3.50. The first-order chi connectivity index (χ1) is 20.6. The Morgan fingerprint density at radius 1 is 1.02 bits per heavy atom. The summed E-state index contributed by atoms with van der Waals surface area (Å²) in [5.74, 6) is -3.26. The molecule has 1 aliphatic rings. The number of hydrogen-bond donors (Lipinski definition) is 6. The van der Waals surface area contributed by atoms with E-state index in [9.17, 15) is 47.0 Å². The number of aliphatic hydroxyl groups is 1. The number of urea groups is 1. The van der Waals surface area contributed by atoms with Crippen molar-refractivity contribution in [1.29, 1.82) is 0 Å². The summed E-state index contributed by atoms with van der Waals surface area (Å²) < 4.78 is 39.7. The molecule has 2 rings (SSSR count). The molecule has 7 N–H and O–H groups in total. The van der Waals surface area contributed by atoms with Gasteiger partial charge >= 0.3 is 12.2 Å². The molecular formula is C26H36F3N7O7S. The highest BCUT2D eigenvalue weighted by Gasteiger charge is 2.38. The van der Waals surface area contributed by atoms with Gasteiger partial charge in [0.15, 0.2) is 10.8 Å². The molecule has 14 nitrogen and oxygen atoms in total. The van der Waals surface area contributed by atoms with Crippen LogP contribution in [-0.4, -0.2) is 75.7 Å². The molecule has 244 valence electrons. The number of anilines is 1. The summed E-state index contributed by atoms with van der Waals surface area (Å²) in [4.78, 5) is 76.9. The number of amides is 7. The van der Waals surface area contributed by atoms with Crippen LogP contribution in [-0.2, 0) is 36.8 Å². The lowest BCUT2D eigenvalue weighted by Gasteiger charge is -2.25. The van der Waals surface area contributed by atoms with E-state index < -0.39 is 70.2 Å². The second-order valence-corrected chi connectivity index (χ2v) is 11.3. The molecule has 0 aromatic carbocycles. The Bertz CT molecular complexity index is 1230. The van der Waals surface area contributed by atoms with Crippen LogP contribution in [0.3, 0.4) is 0 Å². The average molecular weight is 648 g/mol. The van der Waals surface area contributed by atoms with Crippen molar-refractivity contribution in [3.8, 4) is 0 Å². The molecule has 0 unspecified atom stereocenters. The molecule has 1 aromatic heterocycles. The van der Waals surface area contributed by atoms with E-state index in [0.29, 0.717) is 30.6 Å². The van der Waals surface area contributed by atoms with Crippen molar-refractivity contribution >= 4 is 52.0 Å². The fourth-order valence-corrected chi connectivity index (χ4v) is 4.98. The summed E-state index contributed by atoms with van der Waals surface area (Å²) in [6, 6.07) is -3.17. The third-order valence-electron chi connectivity index (χ3n) is 6.39. The molecule has 0 saturated carbocycles. The minimum Gasteiger partial charge on any atom is -0.391 e. The Hall–Kier alpha value is -4.06. The summed E-state index contributed by atoms with van der Waals surface area (Å²) in [5, 5.41) is 18.5. The van der Waals surface area contributed by atoms with E-state index in [2.05, 4.69) is 26.3 Å². The SMILES string of the molecule is CC(C)[C@@H](NC(=O)CCCCCN1C(=O)C=CC1=O)C(=O)N[C@H](CCCNC(N)=O)C(=O)Nc1nc(C(F)(F)F)c(CO)s1. The molecule has 0 bridgehead atoms. The zero-order valence-corrected chi connectivity index (χ0v) is 25.0. The van der Waals surface area contributed by atoms with E-state index in [1.54, 1.807) is 13.8 Å². The van der Waals surface area contributed by atoms with Crippen LogP contribution in [0.15, 0.2) is 12.2 Å². The summed E-state index contributed by atoms with van der Waals surface area (Å²) in [6.07, 6.45) is -0.888. The maximum Gasteiger partial charge on any atom is 0.434 e. The lowest BCUT2D eigenvalue weighted by atomic mass is 10.0. The van der Waals surface area contributed by atoms with Gasteiger partial charge in [0.1, 0.15) is 12.1 Å². The number of carbonyl (C=O) groups excluding carboxylic acids is 6. The number of nitrogens with zero attached hydrogens (tertiary/aromatic N) is 2. The quantitative estimate of drug-likeness (QED) is 0.106. The molecule has 1 aliphatic heterocycles. The van der Waals surface area contributed by atoms with Crippen molar-refractivity contribution in [1.82, 2.24) is 25.8 Å². The van der Waals surface area contributed by atoms with E-state index in [-0.39, 0.29) is 44.2 Å². The van der Waals surface area contributed by atoms with Gasteiger partial charge in [-0.05, 0) is 31.6 Å². The van der Waals surface area contributed by atoms with Crippen molar-refractivity contribution in [3.05, 3.63) is 22.7 Å². The molecule has 0 aliphatic carbocycles. The number of rotatable bonds is 17. The second-order valence-electron chi connectivity index (χ2n) is 10.2. The highest BCUT2D eigenvalue weighted by Crippen LogP contribution is 2.36. The monoisotopic (exact) mass is 647 g/mol. The fourth-order valence-electron chi connectivity index (χ4n) is 4.14. The first-order valence-electron chi connectivity index (χ1n) is 13.8. The normalized spacial score (nSPS) is 14.5. The standard InChI is InChI=1S/C26H36F3N7O7S/c1-14(2)20(33-17(38)8-4-3-5-12-36-18(39)9-10-19(36)40)23(42)32-15(7-6-11-31-24(30)43)22(41)35-25-34-21(26(27,28)29)16(13-37)44-25/h9-10,14-15,20,37H,3-8,11-13H2,1-2H3,(H,32,42)(H,33,38)(H3,30,31,43)(H,34,35,41)/t15-,20-/m1/s1. The maximum atomic E-state index is 13.2. The third kappa shape index (κ3) is 11.2. The first-order valence-corrected chi connectivity index (χ1v) is 14.6. The number of imide groups is 1. The Morgan fingerprint density at radius 2 is 1.68 bits per heavy atom. The van der Waals surface area contributed by atoms with Gasteiger partial charge in [-0.3, -0.25) is 28.9 Å². The van der Waals surface area contributed by atoms with Gasteiger partial charge in [0.2, 0.25) is 17.7 Å². The maximum absolute atomic E-state index is 13.2. The van der Waals surface area contributed by atoms with E-state index in [0.717, 1.165) is 4.90 Å². The van der Waals surface area contributed by atoms with E-state index in [4.69, 9.17) is 5.73 Å². The number of aliphatic hydroxyl groups excluding tert-OH is 1. The van der Waals surface area contributed by atoms with Crippen molar-refractivity contribution in [2.45, 2.75) is 77.2 Å². The summed E-state index contributed by atoms with van der Waals surface area (Å²) in [5.41, 5.74) is 3.69. The van der Waals surface area contributed by atoms with Crippen molar-refractivity contribution < 1.29 is 47.0 Å². The molecule has 18 heteroatoms. The Labute approximate surface area is 255 Å². The lowest BCUT2D eigenvalue weighted by Crippen LogP contribution is -2.54. The largest absolute Gasteiger partial charge is 0.434 e. The number of nitrogens with two attached hydrogens (primary N) is 1. The van der Waals surface area contributed by atoms with Gasteiger partial charge in [-0.2, -0.15) is 13.2 Å². The molecule has 2 heterocycles. The van der Waals surface area contributed by atoms with E-state index in [1.807, 2.05) is 0 Å². The highest BCUT2D eigenvalue weighted by atomic mass is 32.1. The Kier molecular flexibility index (Phi) is 13.7. The van der Waals surface area contributed by atoms with Gasteiger partial charge < -0.3 is 32.1 Å². The minimum absolute atomic E-state index is 0.0417. The van der Waals surface area contributed by atoms with Gasteiger partial charge in [0, 0.05) is 31.7 Å². The Morgan fingerprint density at radius 3 is 2.23 bits per heavy atom. The van der Waals surface area contributed by atoms with Crippen LogP contribution in [0.25, 0.3) is 0 Å². The number of hydrogen-bond acceptors (Lipinski definition) is 9. The first kappa shape index (κ1) is 36.1. The van der Waals surface area contributed by atoms with Gasteiger partial charge in [0.25, 0.3) is 11.8 Å². The number of nitrogens with one attached hydrogen (secondary N) is 4. The van der Waals surface area contributed by atoms with Gasteiger partial charge in [-0.15, -0.1) is 0 Å². The van der Waals surface area contributed by atoms with Crippen LogP contribution in [0, 0.1) is 5.92 Å².